The van der Waals surface area contributed by atoms with Gasteiger partial charge in [0.05, 0.1) is 21.9 Å². The van der Waals surface area contributed by atoms with Gasteiger partial charge in [0.15, 0.2) is 0 Å². The lowest BCUT2D eigenvalue weighted by Gasteiger charge is -2.16. The molecule has 0 bridgehead atoms. The van der Waals surface area contributed by atoms with Crippen molar-refractivity contribution in [3.63, 3.8) is 0 Å². The molecule has 4 nitrogen and oxygen atoms in total. The van der Waals surface area contributed by atoms with Crippen molar-refractivity contribution in [2.75, 3.05) is 6.67 Å². The van der Waals surface area contributed by atoms with E-state index >= 15 is 0 Å². The number of benzene rings is 1. The van der Waals surface area contributed by atoms with E-state index in [1.54, 1.807) is 0 Å². The molecule has 0 fully saturated rings. The fourth-order valence-corrected chi connectivity index (χ4v) is 1.82. The van der Waals surface area contributed by atoms with Crippen LogP contribution in [0.4, 0.5) is 4.39 Å². The Morgan fingerprint density at radius 1 is 1.44 bits per heavy atom. The highest BCUT2D eigenvalue weighted by molar-refractivity contribution is 7.98. The summed E-state index contributed by atoms with van der Waals surface area (Å²) < 4.78 is 23.6. The van der Waals surface area contributed by atoms with E-state index in [0.717, 1.165) is 0 Å². The van der Waals surface area contributed by atoms with Crippen molar-refractivity contribution in [3.05, 3.63) is 29.8 Å². The Balaban J connectivity index is 2.96. The van der Waals surface area contributed by atoms with Crippen LogP contribution in [-0.4, -0.2) is 27.9 Å². The normalized spacial score (nSPS) is 18.8. The van der Waals surface area contributed by atoms with Gasteiger partial charge in [-0.15, -0.1) is 0 Å². The second kappa shape index (κ2) is 4.92. The summed E-state index contributed by atoms with van der Waals surface area (Å²) in [5.74, 6) is 3.32. The Kier molecular flexibility index (Phi) is 4.03. The molecule has 6 heteroatoms. The van der Waals surface area contributed by atoms with Gasteiger partial charge in [-0.05, 0) is 23.6 Å². The minimum Gasteiger partial charge on any atom is -0.387 e. The zero-order chi connectivity index (χ0) is 12.3. The van der Waals surface area contributed by atoms with Gasteiger partial charge in [0.1, 0.15) is 6.67 Å². The molecule has 0 amide bonds. The average Bonchev–Trinajstić information content (AvgIpc) is 2.26. The zero-order valence-corrected chi connectivity index (χ0v) is 9.49. The number of nitrogens with two attached hydrogens (primary N) is 2. The predicted octanol–water partition coefficient (Wildman–Crippen LogP) is -0.0342. The van der Waals surface area contributed by atoms with Crippen LogP contribution in [0.15, 0.2) is 29.2 Å². The molecule has 0 radical (unpaired) electrons. The van der Waals surface area contributed by atoms with Crippen molar-refractivity contribution in [1.82, 2.24) is 0 Å². The number of aliphatic hydroxyl groups is 1. The van der Waals surface area contributed by atoms with Crippen molar-refractivity contribution in [2.24, 2.45) is 10.9 Å². The van der Waals surface area contributed by atoms with E-state index in [1.165, 1.54) is 24.3 Å². The van der Waals surface area contributed by atoms with Crippen molar-refractivity contribution < 1.29 is 13.7 Å². The van der Waals surface area contributed by atoms with Crippen LogP contribution in [0, 0.1) is 0 Å². The first kappa shape index (κ1) is 13.1. The second-order valence-corrected chi connectivity index (χ2v) is 5.48. The van der Waals surface area contributed by atoms with E-state index in [1.807, 2.05) is 0 Å². The zero-order valence-electron chi connectivity index (χ0n) is 8.67. The van der Waals surface area contributed by atoms with Crippen LogP contribution in [0.3, 0.4) is 0 Å². The highest BCUT2D eigenvalue weighted by Gasteiger charge is 2.16. The van der Waals surface area contributed by atoms with Gasteiger partial charge in [-0.3, -0.25) is 5.14 Å². The lowest BCUT2D eigenvalue weighted by Crippen LogP contribution is -2.30. The molecule has 0 saturated heterocycles. The third-order valence-corrected chi connectivity index (χ3v) is 3.27. The highest BCUT2D eigenvalue weighted by atomic mass is 32.2. The third kappa shape index (κ3) is 3.02. The van der Waals surface area contributed by atoms with Gasteiger partial charge in [0, 0.05) is 4.90 Å². The number of hydrogen-bond acceptors (Lipinski definition) is 3. The van der Waals surface area contributed by atoms with E-state index in [2.05, 4.69) is 5.87 Å². The van der Waals surface area contributed by atoms with Gasteiger partial charge in [-0.2, -0.15) is 0 Å². The van der Waals surface area contributed by atoms with Gasteiger partial charge in [-0.25, -0.2) is 8.60 Å². The first-order valence-corrected chi connectivity index (χ1v) is 6.40. The number of aliphatic hydroxyl groups excluding tert-OH is 1. The SMILES string of the molecule is C=S(N)(=O)c1ccc(C(O)C(N)CF)cc1. The van der Waals surface area contributed by atoms with Crippen LogP contribution in [0.2, 0.25) is 0 Å². The number of halogens is 1. The summed E-state index contributed by atoms with van der Waals surface area (Å²) in [6.07, 6.45) is -1.09. The predicted molar refractivity (Wildman–Crippen MR) is 63.1 cm³/mol. The van der Waals surface area contributed by atoms with Crippen molar-refractivity contribution in [2.45, 2.75) is 17.0 Å². The lowest BCUT2D eigenvalue weighted by atomic mass is 10.0. The summed E-state index contributed by atoms with van der Waals surface area (Å²) in [5, 5.41) is 14.9. The third-order valence-electron chi connectivity index (χ3n) is 2.20. The monoisotopic (exact) mass is 246 g/mol. The van der Waals surface area contributed by atoms with Crippen LogP contribution < -0.4 is 10.9 Å². The topological polar surface area (TPSA) is 89.3 Å². The van der Waals surface area contributed by atoms with Crippen LogP contribution >= 0.6 is 0 Å². The van der Waals surface area contributed by atoms with E-state index in [4.69, 9.17) is 10.9 Å². The maximum atomic E-state index is 12.2. The van der Waals surface area contributed by atoms with Crippen LogP contribution in [0.5, 0.6) is 0 Å². The lowest BCUT2D eigenvalue weighted by molar-refractivity contribution is 0.132. The molecular weight excluding hydrogens is 231 g/mol. The molecule has 0 aliphatic rings. The highest BCUT2D eigenvalue weighted by Crippen LogP contribution is 2.18. The molecule has 3 atom stereocenters. The molecule has 3 unspecified atom stereocenters. The van der Waals surface area contributed by atoms with Crippen molar-refractivity contribution in [3.8, 4) is 0 Å². The minimum absolute atomic E-state index is 0.372. The summed E-state index contributed by atoms with van der Waals surface area (Å²) in [7, 11) is -2.76. The summed E-state index contributed by atoms with van der Waals surface area (Å²) in [5.41, 5.74) is 5.81. The van der Waals surface area contributed by atoms with E-state index in [-0.39, 0.29) is 0 Å². The van der Waals surface area contributed by atoms with E-state index in [9.17, 15) is 13.7 Å². The molecule has 0 aliphatic heterocycles. The summed E-state index contributed by atoms with van der Waals surface area (Å²) >= 11 is 0. The largest absolute Gasteiger partial charge is 0.387 e. The molecule has 0 aliphatic carbocycles. The second-order valence-electron chi connectivity index (χ2n) is 3.56. The molecule has 0 heterocycles. The minimum atomic E-state index is -2.76. The molecular formula is C10H15FN2O2S. The van der Waals surface area contributed by atoms with Crippen LogP contribution in [-0.2, 0) is 9.71 Å². The first-order valence-electron chi connectivity index (χ1n) is 4.61. The molecule has 16 heavy (non-hydrogen) atoms. The number of hydrogen-bond donors (Lipinski definition) is 3. The maximum Gasteiger partial charge on any atom is 0.107 e. The fraction of sp³-hybridized carbons (Fsp3) is 0.300. The average molecular weight is 246 g/mol. The quantitative estimate of drug-likeness (QED) is 0.651. The van der Waals surface area contributed by atoms with Gasteiger partial charge in [0.25, 0.3) is 0 Å². The standard InChI is InChI=1S/C10H15FN2O2S/c1-16(13,15)8-4-2-7(3-5-8)10(14)9(12)6-11/h2-5,9-10,14H,1,6,12H2,(H2,13,15). The number of rotatable bonds is 4. The molecule has 90 valence electrons. The van der Waals surface area contributed by atoms with Gasteiger partial charge >= 0.3 is 0 Å². The first-order chi connectivity index (χ1) is 7.36. The molecule has 1 rings (SSSR count). The van der Waals surface area contributed by atoms with Crippen molar-refractivity contribution >= 4 is 15.6 Å². The Hall–Kier alpha value is -0.950. The summed E-state index contributed by atoms with van der Waals surface area (Å²) in [6, 6.07) is 5.02. The molecule has 0 saturated carbocycles. The molecule has 0 aromatic heterocycles. The molecule has 1 aromatic carbocycles. The molecule has 5 N–H and O–H groups in total. The van der Waals surface area contributed by atoms with Gasteiger partial charge in [0.2, 0.25) is 0 Å². The smallest absolute Gasteiger partial charge is 0.107 e. The molecule has 0 spiro atoms. The van der Waals surface area contributed by atoms with Crippen molar-refractivity contribution in [1.29, 1.82) is 0 Å². The fourth-order valence-electron chi connectivity index (χ4n) is 1.23. The Labute approximate surface area is 94.2 Å². The summed E-state index contributed by atoms with van der Waals surface area (Å²) in [4.78, 5) is 0.372. The van der Waals surface area contributed by atoms with Gasteiger partial charge < -0.3 is 10.8 Å². The Morgan fingerprint density at radius 2 is 1.94 bits per heavy atom. The van der Waals surface area contributed by atoms with Gasteiger partial charge in [-0.1, -0.05) is 12.1 Å². The Bertz CT molecular complexity index is 444. The Morgan fingerprint density at radius 3 is 2.31 bits per heavy atom. The van der Waals surface area contributed by atoms with Crippen LogP contribution in [0.1, 0.15) is 11.7 Å². The van der Waals surface area contributed by atoms with E-state index in [0.29, 0.717) is 10.5 Å². The maximum absolute atomic E-state index is 12.2. The van der Waals surface area contributed by atoms with Crippen LogP contribution in [0.25, 0.3) is 0 Å². The summed E-state index contributed by atoms with van der Waals surface area (Å²) in [6.45, 7) is -0.814. The van der Waals surface area contributed by atoms with E-state index < -0.39 is 28.5 Å². The molecule has 1 aromatic rings. The number of alkyl halides is 1.